The Balaban J connectivity index is 1.45. The molecule has 2 aromatic rings. The van der Waals surface area contributed by atoms with E-state index in [1.165, 1.54) is 5.56 Å². The summed E-state index contributed by atoms with van der Waals surface area (Å²) < 4.78 is 10.9. The average molecular weight is 344 g/mol. The number of amides is 2. The first-order chi connectivity index (χ1) is 12.1. The lowest BCUT2D eigenvalue weighted by molar-refractivity contribution is -0.0103. The third-order valence-corrected chi connectivity index (χ3v) is 4.24. The molecule has 3 rings (SSSR count). The maximum atomic E-state index is 12.4. The molecule has 2 heterocycles. The number of aryl methyl sites for hydroxylation is 2. The first-order valence-electron chi connectivity index (χ1n) is 8.59. The molecule has 1 atom stereocenters. The maximum Gasteiger partial charge on any atom is 0.317 e. The Bertz CT molecular complexity index is 699. The van der Waals surface area contributed by atoms with Crippen LogP contribution in [0.25, 0.3) is 0 Å². The zero-order chi connectivity index (χ0) is 17.6. The summed E-state index contributed by atoms with van der Waals surface area (Å²) in [5, 5.41) is 6.72. The molecule has 1 fully saturated rings. The van der Waals surface area contributed by atoms with Crippen LogP contribution in [0, 0.1) is 13.8 Å². The van der Waals surface area contributed by atoms with E-state index < -0.39 is 0 Å². The van der Waals surface area contributed by atoms with Crippen molar-refractivity contribution >= 4 is 6.03 Å². The van der Waals surface area contributed by atoms with E-state index >= 15 is 0 Å². The lowest BCUT2D eigenvalue weighted by Crippen LogP contribution is -2.47. The smallest absolute Gasteiger partial charge is 0.317 e. The van der Waals surface area contributed by atoms with Gasteiger partial charge >= 0.3 is 6.03 Å². The van der Waals surface area contributed by atoms with E-state index in [-0.39, 0.29) is 18.7 Å². The number of rotatable bonds is 5. The second kappa shape index (κ2) is 8.11. The van der Waals surface area contributed by atoms with Crippen LogP contribution in [0.4, 0.5) is 4.79 Å². The van der Waals surface area contributed by atoms with E-state index in [1.807, 2.05) is 31.2 Å². The first kappa shape index (κ1) is 17.4. The van der Waals surface area contributed by atoms with E-state index in [2.05, 4.69) is 15.5 Å². The lowest BCUT2D eigenvalue weighted by Gasteiger charge is -2.32. The molecule has 2 amide bonds. The van der Waals surface area contributed by atoms with Crippen molar-refractivity contribution in [1.82, 2.24) is 20.4 Å². The van der Waals surface area contributed by atoms with Crippen molar-refractivity contribution in [2.45, 2.75) is 45.9 Å². The molecule has 0 radical (unpaired) electrons. The quantitative estimate of drug-likeness (QED) is 0.902. The molecule has 0 aliphatic carbocycles. The van der Waals surface area contributed by atoms with E-state index in [0.29, 0.717) is 24.8 Å². The molecule has 1 aromatic heterocycles. The topological polar surface area (TPSA) is 80.5 Å². The van der Waals surface area contributed by atoms with Gasteiger partial charge in [-0.1, -0.05) is 35.0 Å². The van der Waals surface area contributed by atoms with Gasteiger partial charge in [0.05, 0.1) is 6.10 Å². The molecular formula is C18H24N4O3. The Morgan fingerprint density at radius 1 is 1.36 bits per heavy atom. The van der Waals surface area contributed by atoms with E-state index in [4.69, 9.17) is 9.26 Å². The number of carbonyl (C=O) groups is 1. The number of urea groups is 1. The van der Waals surface area contributed by atoms with Crippen LogP contribution in [0.3, 0.4) is 0 Å². The highest BCUT2D eigenvalue weighted by atomic mass is 16.5. The molecule has 1 unspecified atom stereocenters. The summed E-state index contributed by atoms with van der Waals surface area (Å²) in [6.07, 6.45) is 1.84. The van der Waals surface area contributed by atoms with Gasteiger partial charge in [0.25, 0.3) is 5.89 Å². The number of nitrogens with zero attached hydrogens (tertiary/aromatic N) is 3. The lowest BCUT2D eigenvalue weighted by atomic mass is 10.1. The van der Waals surface area contributed by atoms with Crippen molar-refractivity contribution in [3.63, 3.8) is 0 Å². The molecule has 25 heavy (non-hydrogen) atoms. The van der Waals surface area contributed by atoms with Crippen LogP contribution >= 0.6 is 0 Å². The molecular weight excluding hydrogens is 320 g/mol. The molecule has 7 heteroatoms. The van der Waals surface area contributed by atoms with Crippen molar-refractivity contribution in [1.29, 1.82) is 0 Å². The second-order valence-corrected chi connectivity index (χ2v) is 6.40. The SMILES string of the molecule is Cc1ccc(CNC(=O)N2CCCC(OCc3nc(C)no3)C2)cc1. The van der Waals surface area contributed by atoms with Gasteiger partial charge in [0.15, 0.2) is 5.82 Å². The molecule has 0 bridgehead atoms. The Morgan fingerprint density at radius 2 is 2.16 bits per heavy atom. The monoisotopic (exact) mass is 344 g/mol. The Hall–Kier alpha value is -2.41. The first-order valence-corrected chi connectivity index (χ1v) is 8.59. The third-order valence-electron chi connectivity index (χ3n) is 4.24. The summed E-state index contributed by atoms with van der Waals surface area (Å²) in [7, 11) is 0. The Kier molecular flexibility index (Phi) is 5.65. The van der Waals surface area contributed by atoms with Gasteiger partial charge in [-0.15, -0.1) is 0 Å². The van der Waals surface area contributed by atoms with Gasteiger partial charge in [-0.2, -0.15) is 4.98 Å². The molecule has 7 nitrogen and oxygen atoms in total. The fraction of sp³-hybridized carbons (Fsp3) is 0.500. The number of hydrogen-bond acceptors (Lipinski definition) is 5. The van der Waals surface area contributed by atoms with Crippen molar-refractivity contribution in [2.24, 2.45) is 0 Å². The number of carbonyl (C=O) groups excluding carboxylic acids is 1. The summed E-state index contributed by atoms with van der Waals surface area (Å²) in [6, 6.07) is 8.10. The average Bonchev–Trinajstić information content (AvgIpc) is 3.05. The summed E-state index contributed by atoms with van der Waals surface area (Å²) in [4.78, 5) is 18.3. The minimum atomic E-state index is -0.0532. The third kappa shape index (κ3) is 5.03. The molecule has 1 aliphatic heterocycles. The largest absolute Gasteiger partial charge is 0.367 e. The Morgan fingerprint density at radius 3 is 2.88 bits per heavy atom. The normalized spacial score (nSPS) is 17.5. The summed E-state index contributed by atoms with van der Waals surface area (Å²) in [6.45, 7) is 5.96. The van der Waals surface area contributed by atoms with Gasteiger partial charge in [-0.3, -0.25) is 0 Å². The zero-order valence-corrected chi connectivity index (χ0v) is 14.7. The molecule has 1 aliphatic rings. The molecule has 1 aromatic carbocycles. The van der Waals surface area contributed by atoms with Crippen LogP contribution in [0.15, 0.2) is 28.8 Å². The highest BCUT2D eigenvalue weighted by Crippen LogP contribution is 2.15. The van der Waals surface area contributed by atoms with E-state index in [0.717, 1.165) is 24.9 Å². The molecule has 1 N–H and O–H groups in total. The van der Waals surface area contributed by atoms with Gasteiger partial charge in [-0.25, -0.2) is 4.79 Å². The van der Waals surface area contributed by atoms with Gasteiger partial charge in [0, 0.05) is 19.6 Å². The summed E-state index contributed by atoms with van der Waals surface area (Å²) >= 11 is 0. The standard InChI is InChI=1S/C18H24N4O3/c1-13-5-7-15(8-6-13)10-19-18(23)22-9-3-4-16(11-22)24-12-17-20-14(2)21-25-17/h5-8,16H,3-4,9-12H2,1-2H3,(H,19,23). The number of piperidine rings is 1. The zero-order valence-electron chi connectivity index (χ0n) is 14.7. The van der Waals surface area contributed by atoms with Gasteiger partial charge in [0.1, 0.15) is 6.61 Å². The maximum absolute atomic E-state index is 12.4. The van der Waals surface area contributed by atoms with Crippen molar-refractivity contribution < 1.29 is 14.1 Å². The van der Waals surface area contributed by atoms with Crippen LogP contribution in [0.2, 0.25) is 0 Å². The van der Waals surface area contributed by atoms with Crippen LogP contribution in [-0.2, 0) is 17.9 Å². The van der Waals surface area contributed by atoms with Crippen LogP contribution in [-0.4, -0.2) is 40.3 Å². The minimum Gasteiger partial charge on any atom is -0.367 e. The van der Waals surface area contributed by atoms with Crippen molar-refractivity contribution in [2.75, 3.05) is 13.1 Å². The van der Waals surface area contributed by atoms with Gasteiger partial charge in [0.2, 0.25) is 0 Å². The van der Waals surface area contributed by atoms with Gasteiger partial charge < -0.3 is 19.5 Å². The fourth-order valence-corrected chi connectivity index (χ4v) is 2.84. The Labute approximate surface area is 147 Å². The molecule has 0 saturated carbocycles. The number of ether oxygens (including phenoxy) is 1. The number of aromatic nitrogens is 2. The summed E-state index contributed by atoms with van der Waals surface area (Å²) in [5.74, 6) is 1.07. The predicted molar refractivity (Wildman–Crippen MR) is 91.8 cm³/mol. The highest BCUT2D eigenvalue weighted by molar-refractivity contribution is 5.74. The summed E-state index contributed by atoms with van der Waals surface area (Å²) in [5.41, 5.74) is 2.30. The van der Waals surface area contributed by atoms with E-state index in [9.17, 15) is 4.79 Å². The number of likely N-dealkylation sites (tertiary alicyclic amines) is 1. The van der Waals surface area contributed by atoms with Crippen LogP contribution in [0.1, 0.15) is 35.7 Å². The highest BCUT2D eigenvalue weighted by Gasteiger charge is 2.24. The fourth-order valence-electron chi connectivity index (χ4n) is 2.84. The predicted octanol–water partition coefficient (Wildman–Crippen LogP) is 2.58. The molecule has 134 valence electrons. The van der Waals surface area contributed by atoms with Crippen LogP contribution < -0.4 is 5.32 Å². The van der Waals surface area contributed by atoms with Crippen LogP contribution in [0.5, 0.6) is 0 Å². The second-order valence-electron chi connectivity index (χ2n) is 6.40. The van der Waals surface area contributed by atoms with E-state index in [1.54, 1.807) is 11.8 Å². The van der Waals surface area contributed by atoms with Crippen molar-refractivity contribution in [3.05, 3.63) is 47.1 Å². The minimum absolute atomic E-state index is 0.00826. The number of benzene rings is 1. The molecule has 0 spiro atoms. The van der Waals surface area contributed by atoms with Gasteiger partial charge in [-0.05, 0) is 32.3 Å². The number of nitrogens with one attached hydrogen (secondary N) is 1. The van der Waals surface area contributed by atoms with Crippen molar-refractivity contribution in [3.8, 4) is 0 Å². The number of hydrogen-bond donors (Lipinski definition) is 1. The molecule has 1 saturated heterocycles.